The number of nitrogens with zero attached hydrogens (tertiary/aromatic N) is 1. The van der Waals surface area contributed by atoms with E-state index in [1.165, 1.54) is 22.8 Å². The molecule has 0 bridgehead atoms. The fraction of sp³-hybridized carbons (Fsp3) is 0.385. The second-order valence-corrected chi connectivity index (χ2v) is 4.46. The van der Waals surface area contributed by atoms with Gasteiger partial charge in [-0.2, -0.15) is 0 Å². The highest BCUT2D eigenvalue weighted by Gasteiger charge is 2.23. The molecule has 5 nitrogen and oxygen atoms in total. The van der Waals surface area contributed by atoms with Crippen molar-refractivity contribution in [3.8, 4) is 0 Å². The number of imidazole rings is 1. The highest BCUT2D eigenvalue weighted by molar-refractivity contribution is 5.79. The monoisotopic (exact) mass is 266 g/mol. The van der Waals surface area contributed by atoms with Crippen molar-refractivity contribution >= 4 is 17.0 Å². The van der Waals surface area contributed by atoms with Gasteiger partial charge in [0.15, 0.2) is 0 Å². The van der Waals surface area contributed by atoms with Gasteiger partial charge in [0, 0.05) is 0 Å². The van der Waals surface area contributed by atoms with Crippen LogP contribution in [0.2, 0.25) is 0 Å². The number of aliphatic carboxylic acids is 1. The van der Waals surface area contributed by atoms with Gasteiger partial charge in [-0.15, -0.1) is 0 Å². The van der Waals surface area contributed by atoms with Crippen molar-refractivity contribution in [2.75, 3.05) is 0 Å². The van der Waals surface area contributed by atoms with Crippen LogP contribution in [0.25, 0.3) is 11.0 Å². The second-order valence-electron chi connectivity index (χ2n) is 4.46. The van der Waals surface area contributed by atoms with E-state index in [9.17, 15) is 19.1 Å². The minimum absolute atomic E-state index is 0.313. The first-order valence-electron chi connectivity index (χ1n) is 6.17. The average molecular weight is 266 g/mol. The maximum Gasteiger partial charge on any atom is 0.327 e. The van der Waals surface area contributed by atoms with Crippen LogP contribution in [0.15, 0.2) is 23.0 Å². The Morgan fingerprint density at radius 3 is 2.89 bits per heavy atom. The van der Waals surface area contributed by atoms with E-state index in [0.29, 0.717) is 23.9 Å². The molecule has 2 N–H and O–H groups in total. The van der Waals surface area contributed by atoms with Crippen molar-refractivity contribution in [1.82, 2.24) is 9.55 Å². The number of benzene rings is 1. The van der Waals surface area contributed by atoms with E-state index < -0.39 is 23.5 Å². The molecule has 0 saturated carbocycles. The molecule has 1 atom stereocenters. The molecule has 1 aromatic heterocycles. The quantitative estimate of drug-likeness (QED) is 0.871. The van der Waals surface area contributed by atoms with Crippen LogP contribution in [0.4, 0.5) is 4.39 Å². The number of carbonyl (C=O) groups is 1. The molecular formula is C13H15FN2O3. The Hall–Kier alpha value is -2.11. The number of H-pyrrole nitrogens is 1. The average Bonchev–Trinajstić information content (AvgIpc) is 2.65. The van der Waals surface area contributed by atoms with E-state index in [0.717, 1.165) is 6.42 Å². The zero-order valence-corrected chi connectivity index (χ0v) is 10.5. The van der Waals surface area contributed by atoms with Crippen LogP contribution in [-0.4, -0.2) is 20.6 Å². The maximum absolute atomic E-state index is 13.1. The van der Waals surface area contributed by atoms with Gasteiger partial charge in [0.2, 0.25) is 0 Å². The Morgan fingerprint density at radius 1 is 1.53 bits per heavy atom. The topological polar surface area (TPSA) is 75.1 Å². The summed E-state index contributed by atoms with van der Waals surface area (Å²) in [5.74, 6) is -1.53. The Balaban J connectivity index is 2.55. The van der Waals surface area contributed by atoms with Crippen molar-refractivity contribution in [3.63, 3.8) is 0 Å². The molecular weight excluding hydrogens is 251 g/mol. The number of carboxylic acids is 1. The van der Waals surface area contributed by atoms with E-state index in [1.807, 2.05) is 6.92 Å². The minimum Gasteiger partial charge on any atom is -0.480 e. The number of unbranched alkanes of at least 4 members (excludes halogenated alkanes) is 1. The second kappa shape index (κ2) is 5.26. The summed E-state index contributed by atoms with van der Waals surface area (Å²) >= 11 is 0. The lowest BCUT2D eigenvalue weighted by atomic mass is 10.1. The summed E-state index contributed by atoms with van der Waals surface area (Å²) < 4.78 is 14.3. The maximum atomic E-state index is 13.1. The predicted molar refractivity (Wildman–Crippen MR) is 68.7 cm³/mol. The van der Waals surface area contributed by atoms with Crippen LogP contribution in [-0.2, 0) is 4.79 Å². The first kappa shape index (κ1) is 13.3. The van der Waals surface area contributed by atoms with Gasteiger partial charge >= 0.3 is 11.7 Å². The molecule has 1 aromatic carbocycles. The van der Waals surface area contributed by atoms with Crippen LogP contribution in [0.5, 0.6) is 0 Å². The number of hydrogen-bond donors (Lipinski definition) is 2. The summed E-state index contributed by atoms with van der Waals surface area (Å²) in [4.78, 5) is 25.7. The number of aromatic nitrogens is 2. The zero-order chi connectivity index (χ0) is 14.0. The van der Waals surface area contributed by atoms with Gasteiger partial charge in [0.25, 0.3) is 0 Å². The van der Waals surface area contributed by atoms with Gasteiger partial charge in [-0.05, 0) is 24.6 Å². The standard InChI is InChI=1S/C13H15FN2O3/c1-2-3-4-11(12(17)18)16-10-6-5-8(14)7-9(10)15-13(16)19/h5-7,11H,2-4H2,1H3,(H,15,19)(H,17,18). The molecule has 2 rings (SSSR count). The molecule has 1 heterocycles. The van der Waals surface area contributed by atoms with Crippen molar-refractivity contribution in [3.05, 3.63) is 34.5 Å². The SMILES string of the molecule is CCCCC(C(=O)O)n1c(=O)[nH]c2cc(F)ccc21. The van der Waals surface area contributed by atoms with Crippen LogP contribution < -0.4 is 5.69 Å². The number of fused-ring (bicyclic) bond motifs is 1. The van der Waals surface area contributed by atoms with Crippen LogP contribution in [0.3, 0.4) is 0 Å². The van der Waals surface area contributed by atoms with Gasteiger partial charge in [-0.1, -0.05) is 19.8 Å². The summed E-state index contributed by atoms with van der Waals surface area (Å²) in [5, 5.41) is 9.26. The summed E-state index contributed by atoms with van der Waals surface area (Å²) in [6.45, 7) is 1.95. The largest absolute Gasteiger partial charge is 0.480 e. The molecule has 0 aliphatic heterocycles. The van der Waals surface area contributed by atoms with Crippen LogP contribution in [0, 0.1) is 5.82 Å². The fourth-order valence-corrected chi connectivity index (χ4v) is 2.17. The Morgan fingerprint density at radius 2 is 2.26 bits per heavy atom. The number of halogens is 1. The van der Waals surface area contributed by atoms with E-state index in [2.05, 4.69) is 4.98 Å². The molecule has 6 heteroatoms. The molecule has 19 heavy (non-hydrogen) atoms. The van der Waals surface area contributed by atoms with Crippen molar-refractivity contribution in [2.45, 2.75) is 32.2 Å². The lowest BCUT2D eigenvalue weighted by Crippen LogP contribution is -2.28. The van der Waals surface area contributed by atoms with E-state index in [-0.39, 0.29) is 0 Å². The summed E-state index contributed by atoms with van der Waals surface area (Å²) in [6, 6.07) is 2.90. The summed E-state index contributed by atoms with van der Waals surface area (Å²) in [5.41, 5.74) is 0.201. The third-order valence-electron chi connectivity index (χ3n) is 3.11. The Kier molecular flexibility index (Phi) is 3.69. The number of carboxylic acid groups (broad SMARTS) is 1. The van der Waals surface area contributed by atoms with E-state index >= 15 is 0 Å². The van der Waals surface area contributed by atoms with Gasteiger partial charge in [0.05, 0.1) is 11.0 Å². The van der Waals surface area contributed by atoms with E-state index in [1.54, 1.807) is 0 Å². The molecule has 0 spiro atoms. The highest BCUT2D eigenvalue weighted by Crippen LogP contribution is 2.20. The van der Waals surface area contributed by atoms with Crippen molar-refractivity contribution in [1.29, 1.82) is 0 Å². The molecule has 2 aromatic rings. The van der Waals surface area contributed by atoms with Gasteiger partial charge in [-0.3, -0.25) is 4.57 Å². The first-order valence-corrected chi connectivity index (χ1v) is 6.17. The minimum atomic E-state index is -1.05. The molecule has 1 unspecified atom stereocenters. The fourth-order valence-electron chi connectivity index (χ4n) is 2.17. The van der Waals surface area contributed by atoms with E-state index in [4.69, 9.17) is 0 Å². The molecule has 0 fully saturated rings. The lowest BCUT2D eigenvalue weighted by Gasteiger charge is -2.13. The molecule has 0 amide bonds. The smallest absolute Gasteiger partial charge is 0.327 e. The molecule has 102 valence electrons. The lowest BCUT2D eigenvalue weighted by molar-refractivity contribution is -0.141. The third-order valence-corrected chi connectivity index (χ3v) is 3.11. The predicted octanol–water partition coefficient (Wildman–Crippen LogP) is 2.28. The zero-order valence-electron chi connectivity index (χ0n) is 10.5. The Labute approximate surface area is 108 Å². The van der Waals surface area contributed by atoms with Crippen molar-refractivity contribution < 1.29 is 14.3 Å². The van der Waals surface area contributed by atoms with Gasteiger partial charge in [0.1, 0.15) is 11.9 Å². The van der Waals surface area contributed by atoms with Crippen LogP contribution >= 0.6 is 0 Å². The third kappa shape index (κ3) is 2.52. The number of hydrogen-bond acceptors (Lipinski definition) is 2. The molecule has 0 saturated heterocycles. The van der Waals surface area contributed by atoms with Gasteiger partial charge < -0.3 is 10.1 Å². The highest BCUT2D eigenvalue weighted by atomic mass is 19.1. The summed E-state index contributed by atoms with van der Waals surface area (Å²) in [6.07, 6.45) is 1.92. The van der Waals surface area contributed by atoms with Gasteiger partial charge in [-0.25, -0.2) is 14.0 Å². The number of aromatic amines is 1. The first-order chi connectivity index (χ1) is 9.04. The van der Waals surface area contributed by atoms with Crippen molar-refractivity contribution in [2.24, 2.45) is 0 Å². The molecule has 0 radical (unpaired) electrons. The number of rotatable bonds is 5. The molecule has 0 aliphatic carbocycles. The molecule has 0 aliphatic rings. The Bertz CT molecular complexity index is 659. The summed E-state index contributed by atoms with van der Waals surface area (Å²) in [7, 11) is 0. The normalized spacial score (nSPS) is 12.7. The number of nitrogens with one attached hydrogen (secondary N) is 1. The van der Waals surface area contributed by atoms with Crippen LogP contribution in [0.1, 0.15) is 32.2 Å².